The van der Waals surface area contributed by atoms with Gasteiger partial charge in [0.25, 0.3) is 0 Å². The Morgan fingerprint density at radius 3 is 1.70 bits per heavy atom. The van der Waals surface area contributed by atoms with Gasteiger partial charge in [-0.3, -0.25) is 9.59 Å². The van der Waals surface area contributed by atoms with Crippen LogP contribution in [0.1, 0.15) is 54.0 Å². The molecule has 4 aromatic rings. The standard InChI is InChI=1S/C35H32O5/c1-3-38-31(36)33(32(37)39-4-2)24-30(25-16-8-5-9-17-25)34(26-18-10-6-11-19-26)28-22-14-15-23-29(28)35(33,40-34)27-20-12-7-13-21-27/h5-23,30H,3-4,24H2,1-2H3/t30-,34-,35+/m0/s1. The van der Waals surface area contributed by atoms with Gasteiger partial charge in [0.1, 0.15) is 11.2 Å². The summed E-state index contributed by atoms with van der Waals surface area (Å²) in [6, 6.07) is 37.6. The molecule has 0 N–H and O–H groups in total. The molecule has 2 bridgehead atoms. The number of esters is 2. The highest BCUT2D eigenvalue weighted by Crippen LogP contribution is 2.71. The maximum atomic E-state index is 14.4. The van der Waals surface area contributed by atoms with Crippen molar-refractivity contribution in [1.29, 1.82) is 0 Å². The van der Waals surface area contributed by atoms with Gasteiger partial charge in [0.2, 0.25) is 5.41 Å². The third-order valence-electron chi connectivity index (χ3n) is 8.46. The fourth-order valence-corrected chi connectivity index (χ4v) is 6.95. The van der Waals surface area contributed by atoms with Crippen LogP contribution in [0.15, 0.2) is 115 Å². The first-order valence-electron chi connectivity index (χ1n) is 13.9. The molecule has 202 valence electrons. The van der Waals surface area contributed by atoms with Crippen molar-refractivity contribution in [2.24, 2.45) is 5.41 Å². The molecule has 2 heterocycles. The first-order valence-corrected chi connectivity index (χ1v) is 13.9. The van der Waals surface area contributed by atoms with Crippen LogP contribution < -0.4 is 0 Å². The van der Waals surface area contributed by atoms with Gasteiger partial charge in [0, 0.05) is 5.92 Å². The molecule has 1 saturated heterocycles. The topological polar surface area (TPSA) is 61.8 Å². The van der Waals surface area contributed by atoms with Crippen molar-refractivity contribution in [3.8, 4) is 0 Å². The highest BCUT2D eigenvalue weighted by atomic mass is 16.6. The second-order valence-corrected chi connectivity index (χ2v) is 10.3. The van der Waals surface area contributed by atoms with E-state index in [4.69, 9.17) is 14.2 Å². The SMILES string of the molecule is CCOC(=O)C1(C(=O)OCC)C[C@@H](c2ccccc2)[C@@]2(c3ccccc3)O[C@]1(c1ccccc1)c1ccccc12. The lowest BCUT2D eigenvalue weighted by Crippen LogP contribution is -2.63. The van der Waals surface area contributed by atoms with Crippen LogP contribution in [0.3, 0.4) is 0 Å². The van der Waals surface area contributed by atoms with E-state index in [1.165, 1.54) is 0 Å². The Hall–Kier alpha value is -4.22. The number of fused-ring (bicyclic) bond motifs is 5. The highest BCUT2D eigenvalue weighted by Gasteiger charge is 2.78. The van der Waals surface area contributed by atoms with E-state index in [9.17, 15) is 9.59 Å². The highest BCUT2D eigenvalue weighted by molar-refractivity contribution is 6.03. The third kappa shape index (κ3) is 3.44. The summed E-state index contributed by atoms with van der Waals surface area (Å²) in [5, 5.41) is 0. The molecule has 1 fully saturated rings. The molecule has 5 nitrogen and oxygen atoms in total. The summed E-state index contributed by atoms with van der Waals surface area (Å²) in [4.78, 5) is 28.9. The molecule has 3 atom stereocenters. The molecule has 2 aliphatic heterocycles. The summed E-state index contributed by atoms with van der Waals surface area (Å²) in [7, 11) is 0. The van der Waals surface area contributed by atoms with Crippen LogP contribution in [-0.2, 0) is 35.0 Å². The van der Waals surface area contributed by atoms with Gasteiger partial charge >= 0.3 is 11.9 Å². The summed E-state index contributed by atoms with van der Waals surface area (Å²) in [5.41, 5.74) is 0.0123. The van der Waals surface area contributed by atoms with E-state index in [2.05, 4.69) is 18.2 Å². The minimum Gasteiger partial charge on any atom is -0.465 e. The maximum Gasteiger partial charge on any atom is 0.327 e. The van der Waals surface area contributed by atoms with E-state index in [0.29, 0.717) is 5.56 Å². The first-order chi connectivity index (χ1) is 19.6. The number of hydrogen-bond donors (Lipinski definition) is 0. The molecule has 2 aliphatic rings. The molecule has 0 radical (unpaired) electrons. The molecular weight excluding hydrogens is 500 g/mol. The van der Waals surface area contributed by atoms with Crippen molar-refractivity contribution in [3.63, 3.8) is 0 Å². The van der Waals surface area contributed by atoms with Gasteiger partial charge < -0.3 is 14.2 Å². The zero-order chi connectivity index (χ0) is 27.8. The van der Waals surface area contributed by atoms with Gasteiger partial charge in [-0.2, -0.15) is 0 Å². The molecule has 0 saturated carbocycles. The molecular formula is C35H32O5. The molecule has 0 aromatic heterocycles. The summed E-state index contributed by atoms with van der Waals surface area (Å²) in [6.07, 6.45) is 0.132. The van der Waals surface area contributed by atoms with Gasteiger partial charge in [0.15, 0.2) is 0 Å². The lowest BCUT2D eigenvalue weighted by atomic mass is 9.59. The minimum absolute atomic E-state index is 0.117. The Morgan fingerprint density at radius 2 is 1.15 bits per heavy atom. The van der Waals surface area contributed by atoms with Crippen molar-refractivity contribution in [2.75, 3.05) is 13.2 Å². The number of hydrogen-bond acceptors (Lipinski definition) is 5. The number of rotatable bonds is 7. The molecule has 0 spiro atoms. The molecule has 0 unspecified atom stereocenters. The van der Waals surface area contributed by atoms with Crippen LogP contribution in [0, 0.1) is 5.41 Å². The molecule has 0 aliphatic carbocycles. The summed E-state index contributed by atoms with van der Waals surface area (Å²) < 4.78 is 19.1. The second kappa shape index (κ2) is 10.1. The predicted octanol–water partition coefficient (Wildman–Crippen LogP) is 6.50. The maximum absolute atomic E-state index is 14.4. The van der Waals surface area contributed by atoms with E-state index >= 15 is 0 Å². The van der Waals surface area contributed by atoms with Crippen LogP contribution in [0.5, 0.6) is 0 Å². The number of ether oxygens (including phenoxy) is 3. The van der Waals surface area contributed by atoms with Crippen LogP contribution in [0.25, 0.3) is 0 Å². The number of benzene rings is 4. The van der Waals surface area contributed by atoms with Crippen molar-refractivity contribution >= 4 is 11.9 Å². The molecule has 4 aromatic carbocycles. The monoisotopic (exact) mass is 532 g/mol. The summed E-state index contributed by atoms with van der Waals surface area (Å²) in [6.45, 7) is 3.74. The third-order valence-corrected chi connectivity index (χ3v) is 8.46. The van der Waals surface area contributed by atoms with Gasteiger partial charge in [-0.25, -0.2) is 0 Å². The predicted molar refractivity (Wildman–Crippen MR) is 151 cm³/mol. The summed E-state index contributed by atoms with van der Waals surface area (Å²) >= 11 is 0. The van der Waals surface area contributed by atoms with Crippen LogP contribution in [0.2, 0.25) is 0 Å². The lowest BCUT2D eigenvalue weighted by Gasteiger charge is -2.54. The van der Waals surface area contributed by atoms with Crippen molar-refractivity contribution in [1.82, 2.24) is 0 Å². The van der Waals surface area contributed by atoms with Crippen molar-refractivity contribution in [3.05, 3.63) is 143 Å². The minimum atomic E-state index is -1.81. The average Bonchev–Trinajstić information content (AvgIpc) is 3.28. The Bertz CT molecular complexity index is 1500. The Morgan fingerprint density at radius 1 is 0.675 bits per heavy atom. The van der Waals surface area contributed by atoms with E-state index in [1.54, 1.807) is 13.8 Å². The van der Waals surface area contributed by atoms with E-state index in [1.807, 2.05) is 97.1 Å². The zero-order valence-electron chi connectivity index (χ0n) is 22.7. The van der Waals surface area contributed by atoms with Crippen LogP contribution in [-0.4, -0.2) is 25.2 Å². The largest absolute Gasteiger partial charge is 0.465 e. The van der Waals surface area contributed by atoms with Gasteiger partial charge in [0.05, 0.1) is 13.2 Å². The second-order valence-electron chi connectivity index (χ2n) is 10.3. The molecule has 6 rings (SSSR count). The Balaban J connectivity index is 1.79. The van der Waals surface area contributed by atoms with E-state index in [0.717, 1.165) is 22.3 Å². The van der Waals surface area contributed by atoms with Crippen LogP contribution >= 0.6 is 0 Å². The van der Waals surface area contributed by atoms with E-state index < -0.39 is 34.5 Å². The van der Waals surface area contributed by atoms with Crippen LogP contribution in [0.4, 0.5) is 0 Å². The number of carbonyl (C=O) groups excluding carboxylic acids is 2. The summed E-state index contributed by atoms with van der Waals surface area (Å²) in [5.74, 6) is -1.70. The average molecular weight is 533 g/mol. The van der Waals surface area contributed by atoms with Gasteiger partial charge in [-0.1, -0.05) is 115 Å². The number of carbonyl (C=O) groups is 2. The Kier molecular flexibility index (Phi) is 6.55. The lowest BCUT2D eigenvalue weighted by molar-refractivity contribution is -0.236. The van der Waals surface area contributed by atoms with E-state index in [-0.39, 0.29) is 19.6 Å². The fraction of sp³-hybridized carbons (Fsp3) is 0.257. The molecule has 0 amide bonds. The normalized spacial score (nSPS) is 24.1. The van der Waals surface area contributed by atoms with Gasteiger partial charge in [-0.15, -0.1) is 0 Å². The van der Waals surface area contributed by atoms with Gasteiger partial charge in [-0.05, 0) is 48.1 Å². The fourth-order valence-electron chi connectivity index (χ4n) is 6.95. The first kappa shape index (κ1) is 26.0. The quantitative estimate of drug-likeness (QED) is 0.201. The molecule has 40 heavy (non-hydrogen) atoms. The molecule has 5 heteroatoms. The van der Waals surface area contributed by atoms with Crippen molar-refractivity contribution in [2.45, 2.75) is 37.4 Å². The Labute approximate surface area is 234 Å². The smallest absolute Gasteiger partial charge is 0.327 e. The van der Waals surface area contributed by atoms with Crippen molar-refractivity contribution < 1.29 is 23.8 Å². The zero-order valence-corrected chi connectivity index (χ0v) is 22.7.